The first kappa shape index (κ1) is 11.6. The molecule has 0 aromatic carbocycles. The number of carbonyl (C=O) groups is 2. The molecular weight excluding hydrogens is 222 g/mol. The zero-order valence-electron chi connectivity index (χ0n) is 9.35. The molecule has 2 aliphatic rings. The van der Waals surface area contributed by atoms with Crippen molar-refractivity contribution < 1.29 is 19.1 Å². The molecule has 0 N–H and O–H groups in total. The molecule has 0 heterocycles. The molecule has 2 rings (SSSR count). The van der Waals surface area contributed by atoms with Gasteiger partial charge in [-0.1, -0.05) is 0 Å². The highest BCUT2D eigenvalue weighted by molar-refractivity contribution is 5.85. The number of hydrogen-bond donors (Lipinski definition) is 0. The first-order valence-corrected chi connectivity index (χ1v) is 5.66. The fourth-order valence-electron chi connectivity index (χ4n) is 1.44. The first-order valence-electron chi connectivity index (χ1n) is 5.66. The molecule has 0 amide bonds. The van der Waals surface area contributed by atoms with Crippen LogP contribution in [0, 0.1) is 16.7 Å². The van der Waals surface area contributed by atoms with Gasteiger partial charge in [-0.2, -0.15) is 5.26 Å². The largest absolute Gasteiger partial charge is 0.459 e. The van der Waals surface area contributed by atoms with Crippen molar-refractivity contribution in [3.63, 3.8) is 0 Å². The lowest BCUT2D eigenvalue weighted by molar-refractivity contribution is -0.147. The van der Waals surface area contributed by atoms with Gasteiger partial charge >= 0.3 is 11.9 Å². The van der Waals surface area contributed by atoms with Gasteiger partial charge in [0.2, 0.25) is 0 Å². The quantitative estimate of drug-likeness (QED) is 0.418. The number of esters is 2. The minimum absolute atomic E-state index is 0.0109. The van der Waals surface area contributed by atoms with E-state index in [4.69, 9.17) is 14.7 Å². The van der Waals surface area contributed by atoms with Crippen LogP contribution in [0.5, 0.6) is 0 Å². The van der Waals surface area contributed by atoms with Gasteiger partial charge in [0.1, 0.15) is 12.4 Å². The van der Waals surface area contributed by atoms with Crippen molar-refractivity contribution in [2.75, 3.05) is 0 Å². The summed E-state index contributed by atoms with van der Waals surface area (Å²) in [6.07, 6.45) is 6.03. The molecule has 0 radical (unpaired) electrons. The number of carbonyl (C=O) groups excluding carboxylic acids is 2. The van der Waals surface area contributed by atoms with E-state index >= 15 is 0 Å². The van der Waals surface area contributed by atoms with Crippen LogP contribution in [0.2, 0.25) is 0 Å². The van der Waals surface area contributed by atoms with Crippen LogP contribution in [0.25, 0.3) is 0 Å². The Labute approximate surface area is 99.0 Å². The molecular formula is C12H13NO4. The minimum Gasteiger partial charge on any atom is -0.459 e. The molecule has 0 aromatic rings. The van der Waals surface area contributed by atoms with Crippen molar-refractivity contribution in [1.82, 2.24) is 0 Å². The van der Waals surface area contributed by atoms with Crippen molar-refractivity contribution in [1.29, 1.82) is 5.26 Å². The predicted molar refractivity (Wildman–Crippen MR) is 56.2 cm³/mol. The average molecular weight is 235 g/mol. The van der Waals surface area contributed by atoms with Crippen molar-refractivity contribution in [2.24, 2.45) is 5.41 Å². The Balaban J connectivity index is 1.72. The fraction of sp³-hybridized carbons (Fsp3) is 0.583. The van der Waals surface area contributed by atoms with Crippen molar-refractivity contribution in [3.05, 3.63) is 12.3 Å². The van der Waals surface area contributed by atoms with Gasteiger partial charge in [0, 0.05) is 0 Å². The van der Waals surface area contributed by atoms with Gasteiger partial charge in [0.25, 0.3) is 0 Å². The Kier molecular flexibility index (Phi) is 3.14. The lowest BCUT2D eigenvalue weighted by atomic mass is 9.96. The maximum Gasteiger partial charge on any atom is 0.334 e. The lowest BCUT2D eigenvalue weighted by Gasteiger charge is -2.24. The third-order valence-electron chi connectivity index (χ3n) is 3.07. The van der Waals surface area contributed by atoms with E-state index in [1.54, 1.807) is 0 Å². The van der Waals surface area contributed by atoms with Crippen molar-refractivity contribution in [3.8, 4) is 6.07 Å². The van der Waals surface area contributed by atoms with Crippen LogP contribution in [-0.4, -0.2) is 18.0 Å². The molecule has 0 atom stereocenters. The number of ether oxygens (including phenoxy) is 2. The van der Waals surface area contributed by atoms with Crippen molar-refractivity contribution >= 4 is 11.9 Å². The van der Waals surface area contributed by atoms with Crippen LogP contribution in [-0.2, 0) is 19.1 Å². The Hall–Kier alpha value is -1.83. The Morgan fingerprint density at radius 3 is 2.53 bits per heavy atom. The third-order valence-corrected chi connectivity index (χ3v) is 3.07. The molecule has 90 valence electrons. The molecule has 0 bridgehead atoms. The van der Waals surface area contributed by atoms with E-state index in [1.165, 1.54) is 0 Å². The van der Waals surface area contributed by atoms with Crippen LogP contribution in [0.15, 0.2) is 12.3 Å². The van der Waals surface area contributed by atoms with Crippen LogP contribution < -0.4 is 0 Å². The van der Waals surface area contributed by atoms with Crippen molar-refractivity contribution in [2.45, 2.75) is 38.2 Å². The molecule has 0 aromatic heterocycles. The standard InChI is InChI=1S/C12H13NO4/c13-8-12(5-6-12)11(15)16-7-4-10(14)17-9-2-1-3-9/h4,7,9H,1-3,5-6H2/b7-4+. The number of nitrogens with zero attached hydrogens (tertiary/aromatic N) is 1. The Morgan fingerprint density at radius 2 is 2.06 bits per heavy atom. The normalized spacial score (nSPS) is 21.4. The molecule has 2 saturated carbocycles. The molecule has 2 aliphatic carbocycles. The maximum atomic E-state index is 11.4. The summed E-state index contributed by atoms with van der Waals surface area (Å²) in [6, 6.07) is 1.92. The highest BCUT2D eigenvalue weighted by Gasteiger charge is 2.52. The first-order chi connectivity index (χ1) is 8.16. The third kappa shape index (κ3) is 2.64. The average Bonchev–Trinajstić information content (AvgIpc) is 3.04. The minimum atomic E-state index is -0.970. The summed E-state index contributed by atoms with van der Waals surface area (Å²) < 4.78 is 9.73. The summed E-state index contributed by atoms with van der Waals surface area (Å²) in [5.74, 6) is -1.10. The van der Waals surface area contributed by atoms with E-state index in [0.717, 1.165) is 31.6 Å². The smallest absolute Gasteiger partial charge is 0.334 e. The fourth-order valence-corrected chi connectivity index (χ4v) is 1.44. The number of hydrogen-bond acceptors (Lipinski definition) is 5. The number of rotatable bonds is 4. The molecule has 17 heavy (non-hydrogen) atoms. The highest BCUT2D eigenvalue weighted by Crippen LogP contribution is 2.45. The van der Waals surface area contributed by atoms with E-state index in [2.05, 4.69) is 0 Å². The van der Waals surface area contributed by atoms with Gasteiger partial charge < -0.3 is 9.47 Å². The topological polar surface area (TPSA) is 76.4 Å². The van der Waals surface area contributed by atoms with E-state index < -0.39 is 17.4 Å². The Morgan fingerprint density at radius 1 is 1.35 bits per heavy atom. The van der Waals surface area contributed by atoms with Gasteiger partial charge in [-0.05, 0) is 32.1 Å². The second-order valence-corrected chi connectivity index (χ2v) is 4.39. The maximum absolute atomic E-state index is 11.4. The zero-order valence-corrected chi connectivity index (χ0v) is 9.35. The summed E-state index contributed by atoms with van der Waals surface area (Å²) in [5.41, 5.74) is -0.970. The van der Waals surface area contributed by atoms with E-state index in [-0.39, 0.29) is 6.10 Å². The van der Waals surface area contributed by atoms with Gasteiger partial charge in [-0.25, -0.2) is 9.59 Å². The monoisotopic (exact) mass is 235 g/mol. The Bertz CT molecular complexity index is 399. The molecule has 5 heteroatoms. The van der Waals surface area contributed by atoms with E-state index in [9.17, 15) is 9.59 Å². The lowest BCUT2D eigenvalue weighted by Crippen LogP contribution is -2.24. The molecule has 0 aliphatic heterocycles. The van der Waals surface area contributed by atoms with Gasteiger partial charge in [-0.15, -0.1) is 0 Å². The van der Waals surface area contributed by atoms with E-state index in [0.29, 0.717) is 12.8 Å². The van der Waals surface area contributed by atoms with Crippen LogP contribution in [0.4, 0.5) is 0 Å². The second kappa shape index (κ2) is 4.58. The van der Waals surface area contributed by atoms with Gasteiger partial charge in [0.15, 0.2) is 5.41 Å². The molecule has 5 nitrogen and oxygen atoms in total. The molecule has 0 saturated heterocycles. The summed E-state index contributed by atoms with van der Waals surface area (Å²) in [7, 11) is 0. The molecule has 0 unspecified atom stereocenters. The highest BCUT2D eigenvalue weighted by atomic mass is 16.5. The molecule has 0 spiro atoms. The van der Waals surface area contributed by atoms with Gasteiger partial charge in [-0.3, -0.25) is 0 Å². The van der Waals surface area contributed by atoms with Crippen LogP contribution in [0.3, 0.4) is 0 Å². The summed E-state index contributed by atoms with van der Waals surface area (Å²) in [5, 5.41) is 8.73. The SMILES string of the molecule is N#CC1(C(=O)O/C=C/C(=O)OC2CCC2)CC1. The second-order valence-electron chi connectivity index (χ2n) is 4.39. The summed E-state index contributed by atoms with van der Waals surface area (Å²) >= 11 is 0. The summed E-state index contributed by atoms with van der Waals surface area (Å²) in [6.45, 7) is 0. The zero-order chi connectivity index (χ0) is 12.3. The van der Waals surface area contributed by atoms with Crippen LogP contribution >= 0.6 is 0 Å². The molecule has 2 fully saturated rings. The van der Waals surface area contributed by atoms with E-state index in [1.807, 2.05) is 6.07 Å². The number of nitriles is 1. The predicted octanol–water partition coefficient (Wildman–Crippen LogP) is 1.44. The van der Waals surface area contributed by atoms with Crippen LogP contribution in [0.1, 0.15) is 32.1 Å². The summed E-state index contributed by atoms with van der Waals surface area (Å²) in [4.78, 5) is 22.6. The van der Waals surface area contributed by atoms with Gasteiger partial charge in [0.05, 0.1) is 12.1 Å².